The molecule has 12 nitrogen and oxygen atoms in total. The van der Waals surface area contributed by atoms with Gasteiger partial charge in [-0.1, -0.05) is 12.5 Å². The molecule has 8 rings (SSSR count). The van der Waals surface area contributed by atoms with Crippen molar-refractivity contribution in [2.45, 2.75) is 64.1 Å². The van der Waals surface area contributed by atoms with Crippen molar-refractivity contribution in [1.82, 2.24) is 24.8 Å². The fourth-order valence-corrected chi connectivity index (χ4v) is 8.10. The van der Waals surface area contributed by atoms with Crippen molar-refractivity contribution < 1.29 is 14.6 Å². The lowest BCUT2D eigenvalue weighted by Gasteiger charge is -2.47. The first kappa shape index (κ1) is 31.7. The number of aliphatic hydroxyl groups is 1. The lowest BCUT2D eigenvalue weighted by Crippen LogP contribution is -2.60. The molecule has 0 spiro atoms. The van der Waals surface area contributed by atoms with E-state index in [-0.39, 0.29) is 24.7 Å². The normalized spacial score (nSPS) is 21.4. The average molecular weight is 665 g/mol. The number of hydrogen-bond acceptors (Lipinski definition) is 10. The summed E-state index contributed by atoms with van der Waals surface area (Å²) in [6.07, 6.45) is 11.4. The van der Waals surface area contributed by atoms with Gasteiger partial charge in [-0.15, -0.1) is 0 Å². The van der Waals surface area contributed by atoms with Gasteiger partial charge in [0.25, 0.3) is 11.5 Å². The molecule has 0 radical (unpaired) electrons. The standard InChI is InChI=1S/C37H44N8O4/c1-3-25-18-43(27-20-49-21-27)12-13-44(25)26-8-9-33(39-16-26)41-32-15-24(17-42(2)37(32)48)28-10-11-38-35(31(28)19-46)45-22-40-34-29-7-5-4-6-23(29)14-30(34)36(45)47/h8-11,15-17,25,27,40,46H,3-7,12-14,18-22H2,1-2H3,(H,39,41)/t25-/m0/s1. The van der Waals surface area contributed by atoms with Crippen molar-refractivity contribution in [1.29, 1.82) is 0 Å². The molecule has 0 unspecified atom stereocenters. The minimum Gasteiger partial charge on any atom is -0.392 e. The van der Waals surface area contributed by atoms with Crippen molar-refractivity contribution in [2.75, 3.05) is 54.6 Å². The number of anilines is 4. The number of aryl methyl sites for hydroxylation is 1. The van der Waals surface area contributed by atoms with E-state index in [1.807, 2.05) is 18.3 Å². The van der Waals surface area contributed by atoms with Gasteiger partial charge in [-0.05, 0) is 67.5 Å². The summed E-state index contributed by atoms with van der Waals surface area (Å²) in [4.78, 5) is 43.0. The summed E-state index contributed by atoms with van der Waals surface area (Å²) in [6.45, 7) is 6.80. The molecule has 5 aliphatic rings. The minimum absolute atomic E-state index is 0.0695. The first-order chi connectivity index (χ1) is 23.9. The maximum atomic E-state index is 13.8. The number of allylic oxidation sites excluding steroid dienone is 2. The molecule has 2 aliphatic carbocycles. The van der Waals surface area contributed by atoms with E-state index >= 15 is 0 Å². The van der Waals surface area contributed by atoms with Crippen LogP contribution in [0.25, 0.3) is 11.1 Å². The van der Waals surface area contributed by atoms with Gasteiger partial charge in [0.15, 0.2) is 0 Å². The van der Waals surface area contributed by atoms with Crippen LogP contribution >= 0.6 is 0 Å². The van der Waals surface area contributed by atoms with Crippen LogP contribution in [0, 0.1) is 0 Å². The number of rotatable bonds is 8. The first-order valence-electron chi connectivity index (χ1n) is 17.5. The fourth-order valence-electron chi connectivity index (χ4n) is 8.10. The highest BCUT2D eigenvalue weighted by atomic mass is 16.5. The molecule has 0 aromatic carbocycles. The smallest absolute Gasteiger partial charge is 0.274 e. The Labute approximate surface area is 286 Å². The first-order valence-corrected chi connectivity index (χ1v) is 17.5. The highest BCUT2D eigenvalue weighted by molar-refractivity contribution is 6.08. The molecule has 2 saturated heterocycles. The lowest BCUT2D eigenvalue weighted by molar-refractivity contribution is -0.115. The number of hydrogen-bond donors (Lipinski definition) is 3. The second-order valence-electron chi connectivity index (χ2n) is 13.7. The molecule has 2 fully saturated rings. The van der Waals surface area contributed by atoms with Crippen LogP contribution in [0.4, 0.5) is 23.0 Å². The van der Waals surface area contributed by atoms with E-state index in [0.717, 1.165) is 75.5 Å². The van der Waals surface area contributed by atoms with Gasteiger partial charge in [0.2, 0.25) is 0 Å². The molecule has 3 aromatic heterocycles. The van der Waals surface area contributed by atoms with E-state index in [1.54, 1.807) is 30.4 Å². The zero-order valence-corrected chi connectivity index (χ0v) is 28.2. The van der Waals surface area contributed by atoms with Crippen molar-refractivity contribution >= 4 is 28.9 Å². The molecule has 12 heteroatoms. The summed E-state index contributed by atoms with van der Waals surface area (Å²) in [5, 5.41) is 17.4. The van der Waals surface area contributed by atoms with Crippen molar-refractivity contribution in [3.05, 3.63) is 81.2 Å². The zero-order valence-electron chi connectivity index (χ0n) is 28.2. The van der Waals surface area contributed by atoms with Crippen LogP contribution in [0.15, 0.2) is 70.1 Å². The maximum Gasteiger partial charge on any atom is 0.274 e. The molecule has 1 atom stereocenters. The Kier molecular flexibility index (Phi) is 8.46. The Morgan fingerprint density at radius 2 is 1.94 bits per heavy atom. The van der Waals surface area contributed by atoms with E-state index in [9.17, 15) is 14.7 Å². The lowest BCUT2D eigenvalue weighted by atomic mass is 9.93. The van der Waals surface area contributed by atoms with E-state index in [2.05, 4.69) is 38.4 Å². The molecule has 49 heavy (non-hydrogen) atoms. The van der Waals surface area contributed by atoms with Gasteiger partial charge >= 0.3 is 0 Å². The van der Waals surface area contributed by atoms with Crippen LogP contribution in [0.2, 0.25) is 0 Å². The fraction of sp³-hybridized carbons (Fsp3) is 0.459. The quantitative estimate of drug-likeness (QED) is 0.327. The Hall–Kier alpha value is -4.52. The maximum absolute atomic E-state index is 13.8. The minimum atomic E-state index is -0.320. The van der Waals surface area contributed by atoms with Crippen molar-refractivity contribution in [2.24, 2.45) is 7.05 Å². The van der Waals surface area contributed by atoms with E-state index < -0.39 is 0 Å². The third kappa shape index (κ3) is 5.71. The summed E-state index contributed by atoms with van der Waals surface area (Å²) in [7, 11) is 1.70. The van der Waals surface area contributed by atoms with Crippen LogP contribution in [0.3, 0.4) is 0 Å². The van der Waals surface area contributed by atoms with Gasteiger partial charge in [-0.25, -0.2) is 9.97 Å². The van der Waals surface area contributed by atoms with E-state index in [4.69, 9.17) is 9.72 Å². The number of nitrogens with zero attached hydrogens (tertiary/aromatic N) is 6. The van der Waals surface area contributed by atoms with Crippen LogP contribution in [0.5, 0.6) is 0 Å². The third-order valence-corrected chi connectivity index (χ3v) is 10.9. The van der Waals surface area contributed by atoms with Crippen LogP contribution in [0.1, 0.15) is 51.0 Å². The van der Waals surface area contributed by atoms with Crippen LogP contribution < -0.4 is 26.0 Å². The molecule has 3 aliphatic heterocycles. The number of carbonyl (C=O) groups is 1. The zero-order chi connectivity index (χ0) is 33.6. The number of piperazine rings is 1. The van der Waals surface area contributed by atoms with Gasteiger partial charge in [0.1, 0.15) is 17.3 Å². The Morgan fingerprint density at radius 3 is 2.69 bits per heavy atom. The molecular weight excluding hydrogens is 620 g/mol. The number of ether oxygens (including phenoxy) is 1. The molecule has 0 bridgehead atoms. The SMILES string of the molecule is CC[C@H]1CN(C2COC2)CCN1c1ccc(Nc2cc(-c3ccnc(N4CNC5=C(CC6=C5CCCC6)C4=O)c3CO)cn(C)c2=O)nc1. The second-order valence-corrected chi connectivity index (χ2v) is 13.7. The van der Waals surface area contributed by atoms with Crippen molar-refractivity contribution in [3.8, 4) is 11.1 Å². The van der Waals surface area contributed by atoms with Gasteiger partial charge in [0, 0.05) is 73.9 Å². The number of aromatic nitrogens is 3. The molecule has 6 heterocycles. The summed E-state index contributed by atoms with van der Waals surface area (Å²) in [6, 6.07) is 8.51. The molecule has 256 valence electrons. The summed E-state index contributed by atoms with van der Waals surface area (Å²) >= 11 is 0. The number of nitrogens with one attached hydrogen (secondary N) is 2. The summed E-state index contributed by atoms with van der Waals surface area (Å²) < 4.78 is 6.94. The number of pyridine rings is 3. The molecular formula is C37H44N8O4. The largest absolute Gasteiger partial charge is 0.392 e. The molecule has 3 N–H and O–H groups in total. The Bertz CT molecular complexity index is 1900. The highest BCUT2D eigenvalue weighted by Gasteiger charge is 2.37. The topological polar surface area (TPSA) is 128 Å². The van der Waals surface area contributed by atoms with Gasteiger partial charge in [-0.2, -0.15) is 0 Å². The average Bonchev–Trinajstić information content (AvgIpc) is 3.49. The predicted molar refractivity (Wildman–Crippen MR) is 189 cm³/mol. The van der Waals surface area contributed by atoms with E-state index in [0.29, 0.717) is 52.5 Å². The number of amides is 1. The molecule has 1 amide bonds. The molecule has 0 saturated carbocycles. The van der Waals surface area contributed by atoms with Crippen molar-refractivity contribution in [3.63, 3.8) is 0 Å². The number of aliphatic hydroxyl groups excluding tert-OH is 1. The van der Waals surface area contributed by atoms with E-state index in [1.165, 1.54) is 22.1 Å². The number of fused-ring (bicyclic) bond motifs is 1. The van der Waals surface area contributed by atoms with Crippen LogP contribution in [-0.2, 0) is 23.2 Å². The summed E-state index contributed by atoms with van der Waals surface area (Å²) in [5.74, 6) is 0.915. The van der Waals surface area contributed by atoms with Gasteiger partial charge < -0.3 is 29.9 Å². The monoisotopic (exact) mass is 664 g/mol. The molecule has 3 aromatic rings. The Balaban J connectivity index is 1.03. The Morgan fingerprint density at radius 1 is 1.08 bits per heavy atom. The van der Waals surface area contributed by atoms with Crippen LogP contribution in [-0.4, -0.2) is 82.0 Å². The highest BCUT2D eigenvalue weighted by Crippen LogP contribution is 2.43. The second kappa shape index (κ2) is 13.1. The summed E-state index contributed by atoms with van der Waals surface area (Å²) in [5.41, 5.74) is 7.64. The number of carbonyl (C=O) groups excluding carboxylic acids is 1. The van der Waals surface area contributed by atoms with Gasteiger partial charge in [-0.3, -0.25) is 19.4 Å². The third-order valence-electron chi connectivity index (χ3n) is 10.9. The van der Waals surface area contributed by atoms with Gasteiger partial charge in [0.05, 0.1) is 44.4 Å². The predicted octanol–water partition coefficient (Wildman–Crippen LogP) is 3.80.